The molecule has 0 bridgehead atoms. The molecule has 0 aliphatic carbocycles. The summed E-state index contributed by atoms with van der Waals surface area (Å²) in [6.45, 7) is 6.25. The van der Waals surface area contributed by atoms with Gasteiger partial charge in [0.05, 0.1) is 11.5 Å². The Morgan fingerprint density at radius 2 is 2.00 bits per heavy atom. The van der Waals surface area contributed by atoms with Crippen LogP contribution in [-0.2, 0) is 17.8 Å². The lowest BCUT2D eigenvalue weighted by Gasteiger charge is -2.17. The number of likely N-dealkylation sites (N-methyl/N-ethyl adjacent to an activating group) is 1. The smallest absolute Gasteiger partial charge is 0.293 e. The molecule has 1 heterocycles. The number of amides is 2. The van der Waals surface area contributed by atoms with Crippen LogP contribution < -0.4 is 9.47 Å². The standard InChI is InChI=1S/C23H22FNO4S/c1-4-7-17-10-16(13-20-22(26)25(3)23(27)30-20)12-19(28-5-2)21(17)29-14-15-8-6-9-18(24)11-15/h4,6,8-13H,1,5,7,14H2,2-3H3/b20-13-. The number of allylic oxidation sites excluding steroid dienone is 1. The van der Waals surface area contributed by atoms with Crippen LogP contribution in [0.25, 0.3) is 6.08 Å². The summed E-state index contributed by atoms with van der Waals surface area (Å²) in [7, 11) is 1.45. The molecule has 0 atom stereocenters. The number of rotatable bonds is 8. The van der Waals surface area contributed by atoms with Crippen molar-refractivity contribution >= 4 is 29.0 Å². The molecule has 0 unspecified atom stereocenters. The van der Waals surface area contributed by atoms with Gasteiger partial charge in [0.15, 0.2) is 11.5 Å². The van der Waals surface area contributed by atoms with Crippen LogP contribution in [0.15, 0.2) is 54.0 Å². The molecule has 7 heteroatoms. The van der Waals surface area contributed by atoms with Crippen LogP contribution in [0.2, 0.25) is 0 Å². The van der Waals surface area contributed by atoms with Gasteiger partial charge >= 0.3 is 0 Å². The second kappa shape index (κ2) is 9.63. The molecule has 2 amide bonds. The van der Waals surface area contributed by atoms with Crippen LogP contribution in [0.5, 0.6) is 11.5 Å². The molecule has 0 saturated carbocycles. The Morgan fingerprint density at radius 3 is 2.63 bits per heavy atom. The fourth-order valence-corrected chi connectivity index (χ4v) is 3.81. The number of thioether (sulfide) groups is 1. The van der Waals surface area contributed by atoms with Gasteiger partial charge in [0.1, 0.15) is 12.4 Å². The van der Waals surface area contributed by atoms with Gasteiger partial charge < -0.3 is 9.47 Å². The fourth-order valence-electron chi connectivity index (χ4n) is 2.98. The SMILES string of the molecule is C=CCc1cc(/C=C2\SC(=O)N(C)C2=O)cc(OCC)c1OCc1cccc(F)c1. The van der Waals surface area contributed by atoms with E-state index < -0.39 is 0 Å². The van der Waals surface area contributed by atoms with Gasteiger partial charge in [0.2, 0.25) is 0 Å². The third-order valence-corrected chi connectivity index (χ3v) is 5.34. The van der Waals surface area contributed by atoms with Gasteiger partial charge in [-0.3, -0.25) is 14.5 Å². The molecule has 1 saturated heterocycles. The number of hydrogen-bond acceptors (Lipinski definition) is 5. The maximum Gasteiger partial charge on any atom is 0.293 e. The van der Waals surface area contributed by atoms with Gasteiger partial charge in [-0.25, -0.2) is 4.39 Å². The van der Waals surface area contributed by atoms with Crippen LogP contribution in [-0.4, -0.2) is 29.7 Å². The zero-order valence-electron chi connectivity index (χ0n) is 16.8. The molecule has 30 heavy (non-hydrogen) atoms. The first-order valence-electron chi connectivity index (χ1n) is 9.42. The lowest BCUT2D eigenvalue weighted by molar-refractivity contribution is -0.121. The van der Waals surface area contributed by atoms with Crippen molar-refractivity contribution in [3.8, 4) is 11.5 Å². The van der Waals surface area contributed by atoms with E-state index in [9.17, 15) is 14.0 Å². The summed E-state index contributed by atoms with van der Waals surface area (Å²) >= 11 is 0.899. The summed E-state index contributed by atoms with van der Waals surface area (Å²) in [5.41, 5.74) is 2.23. The Bertz CT molecular complexity index is 1020. The summed E-state index contributed by atoms with van der Waals surface area (Å²) in [5, 5.41) is -0.308. The molecule has 1 fully saturated rings. The van der Waals surface area contributed by atoms with Crippen LogP contribution in [0.3, 0.4) is 0 Å². The lowest BCUT2D eigenvalue weighted by Crippen LogP contribution is -2.22. The first-order valence-corrected chi connectivity index (χ1v) is 10.2. The van der Waals surface area contributed by atoms with Gasteiger partial charge in [-0.1, -0.05) is 18.2 Å². The second-order valence-corrected chi connectivity index (χ2v) is 7.59. The highest BCUT2D eigenvalue weighted by Crippen LogP contribution is 2.37. The Morgan fingerprint density at radius 1 is 1.20 bits per heavy atom. The number of benzene rings is 2. The van der Waals surface area contributed by atoms with E-state index in [0.29, 0.717) is 40.6 Å². The summed E-state index contributed by atoms with van der Waals surface area (Å²) in [6.07, 6.45) is 3.92. The van der Waals surface area contributed by atoms with Gasteiger partial charge in [-0.05, 0) is 66.6 Å². The molecule has 5 nitrogen and oxygen atoms in total. The average molecular weight is 427 g/mol. The number of carbonyl (C=O) groups excluding carboxylic acids is 2. The highest BCUT2D eigenvalue weighted by molar-refractivity contribution is 8.18. The van der Waals surface area contributed by atoms with Crippen molar-refractivity contribution in [2.45, 2.75) is 20.0 Å². The van der Waals surface area contributed by atoms with Gasteiger partial charge in [-0.15, -0.1) is 6.58 Å². The molecule has 1 aliphatic heterocycles. The van der Waals surface area contributed by atoms with Crippen molar-refractivity contribution in [2.24, 2.45) is 0 Å². The minimum Gasteiger partial charge on any atom is -0.490 e. The molecule has 0 spiro atoms. The summed E-state index contributed by atoms with van der Waals surface area (Å²) in [4.78, 5) is 25.4. The third kappa shape index (κ3) is 4.91. The minimum atomic E-state index is -0.334. The number of nitrogens with zero attached hydrogens (tertiary/aromatic N) is 1. The van der Waals surface area contributed by atoms with Crippen LogP contribution in [0.4, 0.5) is 9.18 Å². The molecule has 0 N–H and O–H groups in total. The topological polar surface area (TPSA) is 55.8 Å². The van der Waals surface area contributed by atoms with E-state index in [1.165, 1.54) is 19.2 Å². The van der Waals surface area contributed by atoms with Gasteiger partial charge in [-0.2, -0.15) is 0 Å². The molecule has 3 rings (SSSR count). The largest absolute Gasteiger partial charge is 0.490 e. The van der Waals surface area contributed by atoms with Crippen LogP contribution in [0, 0.1) is 5.82 Å². The molecular formula is C23H22FNO4S. The summed E-state index contributed by atoms with van der Waals surface area (Å²) < 4.78 is 25.2. The van der Waals surface area contributed by atoms with E-state index in [-0.39, 0.29) is 23.6 Å². The van der Waals surface area contributed by atoms with Crippen molar-refractivity contribution in [3.05, 3.63) is 76.5 Å². The van der Waals surface area contributed by atoms with Crippen molar-refractivity contribution in [3.63, 3.8) is 0 Å². The van der Waals surface area contributed by atoms with E-state index in [1.54, 1.807) is 30.4 Å². The molecular weight excluding hydrogens is 405 g/mol. The fraction of sp³-hybridized carbons (Fsp3) is 0.217. The second-order valence-electron chi connectivity index (χ2n) is 6.59. The van der Waals surface area contributed by atoms with Crippen molar-refractivity contribution < 1.29 is 23.5 Å². The number of imide groups is 1. The predicted octanol–water partition coefficient (Wildman–Crippen LogP) is 5.20. The average Bonchev–Trinajstić information content (AvgIpc) is 2.94. The zero-order chi connectivity index (χ0) is 21.7. The first-order chi connectivity index (χ1) is 14.4. The Kier molecular flexibility index (Phi) is 6.95. The Hall–Kier alpha value is -3.06. The van der Waals surface area contributed by atoms with E-state index >= 15 is 0 Å². The number of hydrogen-bond donors (Lipinski definition) is 0. The Labute approximate surface area is 179 Å². The molecule has 1 aliphatic rings. The van der Waals surface area contributed by atoms with E-state index in [0.717, 1.165) is 22.2 Å². The maximum absolute atomic E-state index is 13.5. The van der Waals surface area contributed by atoms with E-state index in [1.807, 2.05) is 13.0 Å². The van der Waals surface area contributed by atoms with Gasteiger partial charge in [0.25, 0.3) is 11.1 Å². The third-order valence-electron chi connectivity index (χ3n) is 4.37. The highest BCUT2D eigenvalue weighted by Gasteiger charge is 2.31. The van der Waals surface area contributed by atoms with Gasteiger partial charge in [0, 0.05) is 12.6 Å². The van der Waals surface area contributed by atoms with E-state index in [4.69, 9.17) is 9.47 Å². The quantitative estimate of drug-likeness (QED) is 0.428. The monoisotopic (exact) mass is 427 g/mol. The maximum atomic E-state index is 13.5. The number of carbonyl (C=O) groups is 2. The minimum absolute atomic E-state index is 0.177. The van der Waals surface area contributed by atoms with Crippen molar-refractivity contribution in [1.29, 1.82) is 0 Å². The zero-order valence-corrected chi connectivity index (χ0v) is 17.6. The van der Waals surface area contributed by atoms with Crippen LogP contribution >= 0.6 is 11.8 Å². The molecule has 156 valence electrons. The van der Waals surface area contributed by atoms with E-state index in [2.05, 4.69) is 6.58 Å². The van der Waals surface area contributed by atoms with Crippen molar-refractivity contribution in [1.82, 2.24) is 4.90 Å². The predicted molar refractivity (Wildman–Crippen MR) is 116 cm³/mol. The Balaban J connectivity index is 1.96. The normalized spacial score (nSPS) is 15.0. The summed E-state index contributed by atoms with van der Waals surface area (Å²) in [6, 6.07) is 9.85. The number of halogens is 1. The first kappa shape index (κ1) is 21.6. The number of ether oxygens (including phenoxy) is 2. The van der Waals surface area contributed by atoms with Crippen molar-refractivity contribution in [2.75, 3.05) is 13.7 Å². The molecule has 0 radical (unpaired) electrons. The lowest BCUT2D eigenvalue weighted by atomic mass is 10.0. The molecule has 2 aromatic rings. The highest BCUT2D eigenvalue weighted by atomic mass is 32.2. The molecule has 0 aromatic heterocycles. The van der Waals surface area contributed by atoms with Crippen LogP contribution in [0.1, 0.15) is 23.6 Å². The molecule has 2 aromatic carbocycles. The summed E-state index contributed by atoms with van der Waals surface area (Å²) in [5.74, 6) is 0.393.